The average molecular weight is 277 g/mol. The lowest BCUT2D eigenvalue weighted by Gasteiger charge is -2.16. The number of nitrogen functional groups attached to an aromatic ring is 1. The van der Waals surface area contributed by atoms with Gasteiger partial charge in [-0.25, -0.2) is 28.5 Å². The van der Waals surface area contributed by atoms with Crippen LogP contribution in [-0.4, -0.2) is 48.3 Å². The second-order valence-electron chi connectivity index (χ2n) is 3.21. The second-order valence-corrected chi connectivity index (χ2v) is 6.24. The Kier molecular flexibility index (Phi) is 5.12. The van der Waals surface area contributed by atoms with Crippen molar-refractivity contribution in [2.45, 2.75) is 4.90 Å². The Bertz CT molecular complexity index is 447. The molecule has 0 aliphatic heterocycles. The third-order valence-electron chi connectivity index (χ3n) is 2.08. The second kappa shape index (κ2) is 6.15. The molecule has 0 spiro atoms. The smallest absolute Gasteiger partial charge is 0.245 e. The van der Waals surface area contributed by atoms with Crippen molar-refractivity contribution in [1.82, 2.24) is 14.3 Å². The van der Waals surface area contributed by atoms with E-state index in [-0.39, 0.29) is 10.8 Å². The molecular formula is C8H15N5O2S2. The number of nitrogens with one attached hydrogen (secondary N) is 1. The maximum absolute atomic E-state index is 12.0. The van der Waals surface area contributed by atoms with E-state index in [1.165, 1.54) is 23.7 Å². The molecular weight excluding hydrogens is 262 g/mol. The van der Waals surface area contributed by atoms with Crippen molar-refractivity contribution >= 4 is 27.7 Å². The molecule has 0 fully saturated rings. The molecule has 0 atom stereocenters. The van der Waals surface area contributed by atoms with Gasteiger partial charge >= 0.3 is 0 Å². The summed E-state index contributed by atoms with van der Waals surface area (Å²) in [6.07, 6.45) is 4.38. The van der Waals surface area contributed by atoms with Gasteiger partial charge in [-0.05, 0) is 6.26 Å². The van der Waals surface area contributed by atoms with Crippen molar-refractivity contribution in [3.8, 4) is 0 Å². The highest BCUT2D eigenvalue weighted by Gasteiger charge is 2.21. The maximum atomic E-state index is 12.0. The summed E-state index contributed by atoms with van der Waals surface area (Å²) >= 11 is 1.58. The van der Waals surface area contributed by atoms with E-state index in [0.717, 1.165) is 5.75 Å². The van der Waals surface area contributed by atoms with Crippen LogP contribution in [0.4, 0.5) is 5.95 Å². The molecule has 3 N–H and O–H groups in total. The molecule has 7 nitrogen and oxygen atoms in total. The van der Waals surface area contributed by atoms with Crippen molar-refractivity contribution in [1.29, 1.82) is 0 Å². The van der Waals surface area contributed by atoms with Gasteiger partial charge in [0.2, 0.25) is 16.0 Å². The molecule has 1 aromatic heterocycles. The highest BCUT2D eigenvalue weighted by Crippen LogP contribution is 2.13. The van der Waals surface area contributed by atoms with Crippen molar-refractivity contribution in [3.05, 3.63) is 12.4 Å². The number of nitrogens with two attached hydrogens (primary N) is 1. The first-order valence-electron chi connectivity index (χ1n) is 4.76. The number of hydrogen-bond donors (Lipinski definition) is 2. The van der Waals surface area contributed by atoms with Crippen molar-refractivity contribution in [2.75, 3.05) is 31.0 Å². The van der Waals surface area contributed by atoms with Crippen LogP contribution in [0.2, 0.25) is 0 Å². The molecule has 96 valence electrons. The number of anilines is 1. The normalized spacial score (nSPS) is 11.8. The van der Waals surface area contributed by atoms with Crippen LogP contribution >= 0.6 is 11.8 Å². The van der Waals surface area contributed by atoms with E-state index in [9.17, 15) is 8.42 Å². The predicted molar refractivity (Wildman–Crippen MR) is 68.0 cm³/mol. The molecule has 0 aliphatic carbocycles. The van der Waals surface area contributed by atoms with E-state index in [4.69, 9.17) is 5.84 Å². The Balaban J connectivity index is 2.88. The van der Waals surface area contributed by atoms with Gasteiger partial charge in [-0.3, -0.25) is 5.43 Å². The lowest BCUT2D eigenvalue weighted by molar-refractivity contribution is 0.488. The molecule has 9 heteroatoms. The molecule has 0 amide bonds. The maximum Gasteiger partial charge on any atom is 0.245 e. The van der Waals surface area contributed by atoms with Crippen LogP contribution in [0.25, 0.3) is 0 Å². The summed E-state index contributed by atoms with van der Waals surface area (Å²) in [6, 6.07) is 0. The first kappa shape index (κ1) is 14.2. The number of thioether (sulfide) groups is 1. The third kappa shape index (κ3) is 3.53. The van der Waals surface area contributed by atoms with Crippen LogP contribution < -0.4 is 11.3 Å². The fourth-order valence-corrected chi connectivity index (χ4v) is 2.68. The molecule has 0 bridgehead atoms. The van der Waals surface area contributed by atoms with E-state index >= 15 is 0 Å². The Morgan fingerprint density at radius 3 is 2.53 bits per heavy atom. The van der Waals surface area contributed by atoms with Gasteiger partial charge in [-0.15, -0.1) is 0 Å². The number of hydrazine groups is 1. The minimum atomic E-state index is -3.51. The Morgan fingerprint density at radius 2 is 2.06 bits per heavy atom. The predicted octanol–water partition coefficient (Wildman–Crippen LogP) is -0.254. The standard InChI is InChI=1S/C8H15N5O2S2/c1-13(3-4-16-2)17(14,15)7-5-10-8(12-9)11-6-7/h5-6H,3-4,9H2,1-2H3,(H,10,11,12). The first-order valence-corrected chi connectivity index (χ1v) is 7.59. The quantitative estimate of drug-likeness (QED) is 0.546. The molecule has 0 radical (unpaired) electrons. The van der Waals surface area contributed by atoms with Crippen LogP contribution in [0.1, 0.15) is 0 Å². The van der Waals surface area contributed by atoms with Crippen LogP contribution in [-0.2, 0) is 10.0 Å². The number of nitrogens with zero attached hydrogens (tertiary/aromatic N) is 3. The van der Waals surface area contributed by atoms with Crippen molar-refractivity contribution in [2.24, 2.45) is 5.84 Å². The van der Waals surface area contributed by atoms with Gasteiger partial charge in [0.25, 0.3) is 0 Å². The molecule has 0 saturated carbocycles. The molecule has 1 heterocycles. The summed E-state index contributed by atoms with van der Waals surface area (Å²) in [5, 5.41) is 0. The van der Waals surface area contributed by atoms with Crippen molar-refractivity contribution in [3.63, 3.8) is 0 Å². The van der Waals surface area contributed by atoms with Crippen LogP contribution in [0.5, 0.6) is 0 Å². The van der Waals surface area contributed by atoms with Gasteiger partial charge in [-0.1, -0.05) is 0 Å². The minimum absolute atomic E-state index is 0.0557. The zero-order chi connectivity index (χ0) is 12.9. The number of hydrogen-bond acceptors (Lipinski definition) is 7. The number of sulfonamides is 1. The highest BCUT2D eigenvalue weighted by molar-refractivity contribution is 7.98. The van der Waals surface area contributed by atoms with Crippen LogP contribution in [0.15, 0.2) is 17.3 Å². The fraction of sp³-hybridized carbons (Fsp3) is 0.500. The number of aromatic nitrogens is 2. The third-order valence-corrected chi connectivity index (χ3v) is 4.48. The topological polar surface area (TPSA) is 101 Å². The summed E-state index contributed by atoms with van der Waals surface area (Å²) in [6.45, 7) is 0.445. The van der Waals surface area contributed by atoms with Crippen molar-refractivity contribution < 1.29 is 8.42 Å². The van der Waals surface area contributed by atoms with Gasteiger partial charge in [0.1, 0.15) is 4.90 Å². The van der Waals surface area contributed by atoms with Crippen LogP contribution in [0, 0.1) is 0 Å². The molecule has 17 heavy (non-hydrogen) atoms. The van der Waals surface area contributed by atoms with Gasteiger partial charge < -0.3 is 0 Å². The zero-order valence-electron chi connectivity index (χ0n) is 9.62. The molecule has 0 aliphatic rings. The summed E-state index contributed by atoms with van der Waals surface area (Å²) < 4.78 is 25.3. The largest absolute Gasteiger partial charge is 0.292 e. The van der Waals surface area contributed by atoms with Gasteiger partial charge in [0, 0.05) is 19.3 Å². The Hall–Kier alpha value is -0.900. The first-order chi connectivity index (χ1) is 8.02. The Morgan fingerprint density at radius 1 is 1.47 bits per heavy atom. The molecule has 1 rings (SSSR count). The van der Waals surface area contributed by atoms with E-state index in [1.807, 2.05) is 6.26 Å². The van der Waals surface area contributed by atoms with E-state index < -0.39 is 10.0 Å². The summed E-state index contributed by atoms with van der Waals surface area (Å²) in [5.74, 6) is 6.01. The Labute approximate surface area is 105 Å². The molecule has 1 aromatic rings. The molecule has 0 saturated heterocycles. The monoisotopic (exact) mass is 277 g/mol. The lowest BCUT2D eigenvalue weighted by atomic mass is 10.7. The van der Waals surface area contributed by atoms with E-state index in [1.54, 1.807) is 11.8 Å². The SMILES string of the molecule is CSCCN(C)S(=O)(=O)c1cnc(NN)nc1. The minimum Gasteiger partial charge on any atom is -0.292 e. The summed E-state index contributed by atoms with van der Waals surface area (Å²) in [7, 11) is -1.98. The lowest BCUT2D eigenvalue weighted by Crippen LogP contribution is -2.29. The van der Waals surface area contributed by atoms with Gasteiger partial charge in [-0.2, -0.15) is 11.8 Å². The van der Waals surface area contributed by atoms with Gasteiger partial charge in [0.05, 0.1) is 12.4 Å². The average Bonchev–Trinajstić information content (AvgIpc) is 2.35. The van der Waals surface area contributed by atoms with Crippen LogP contribution in [0.3, 0.4) is 0 Å². The molecule has 0 unspecified atom stereocenters. The zero-order valence-corrected chi connectivity index (χ0v) is 11.3. The number of rotatable bonds is 6. The van der Waals surface area contributed by atoms with E-state index in [0.29, 0.717) is 6.54 Å². The summed E-state index contributed by atoms with van der Waals surface area (Å²) in [4.78, 5) is 7.59. The van der Waals surface area contributed by atoms with E-state index in [2.05, 4.69) is 15.4 Å². The highest BCUT2D eigenvalue weighted by atomic mass is 32.2. The molecule has 0 aromatic carbocycles. The fourth-order valence-electron chi connectivity index (χ4n) is 1.04. The summed E-state index contributed by atoms with van der Waals surface area (Å²) in [5.41, 5.74) is 2.24. The van der Waals surface area contributed by atoms with Gasteiger partial charge in [0.15, 0.2) is 0 Å².